The van der Waals surface area contributed by atoms with Crippen molar-refractivity contribution < 1.29 is 24.0 Å². The Morgan fingerprint density at radius 3 is 2.27 bits per heavy atom. The van der Waals surface area contributed by atoms with E-state index >= 15 is 0 Å². The van der Waals surface area contributed by atoms with Gasteiger partial charge in [-0.1, -0.05) is 40.7 Å². The van der Waals surface area contributed by atoms with Crippen LogP contribution in [0.4, 0.5) is 4.79 Å². The molecule has 0 aromatic heterocycles. The third-order valence-corrected chi connectivity index (χ3v) is 5.25. The molecular weight excluding hydrogens is 390 g/mol. The van der Waals surface area contributed by atoms with Crippen LogP contribution >= 0.6 is 0 Å². The number of carbonyl (C=O) groups is 5. The number of primary amides is 1. The SMILES string of the molecule is C=CCNC(=O)C(=O)CNC(=O)[C@@H]1[C@@H](C)[C@@H](C)CN1C(=O)[C@@H](NC(N)=O)C(C)(C)C. The molecule has 10 nitrogen and oxygen atoms in total. The van der Waals surface area contributed by atoms with Crippen molar-refractivity contribution in [3.8, 4) is 0 Å². The minimum absolute atomic E-state index is 0.0190. The molecule has 5 amide bonds. The van der Waals surface area contributed by atoms with E-state index in [2.05, 4.69) is 22.5 Å². The molecule has 1 heterocycles. The number of nitrogens with two attached hydrogens (primary N) is 1. The van der Waals surface area contributed by atoms with E-state index in [1.807, 2.05) is 13.8 Å². The molecule has 0 aliphatic carbocycles. The maximum Gasteiger partial charge on any atom is 0.312 e. The van der Waals surface area contributed by atoms with E-state index in [0.717, 1.165) is 0 Å². The standard InChI is InChI=1S/C20H33N5O5/c1-7-8-22-16(27)13(26)9-23-17(28)14-12(3)11(2)10-25(14)18(29)15(20(4,5)6)24-19(21)30/h7,11-12,14-15H,1,8-10H2,2-6H3,(H,22,27)(H,23,28)(H3,21,24,30)/t11-,12-,14-,15+/m0/s1. The van der Waals surface area contributed by atoms with Crippen LogP contribution in [-0.2, 0) is 19.2 Å². The van der Waals surface area contributed by atoms with E-state index in [9.17, 15) is 24.0 Å². The third-order valence-electron chi connectivity index (χ3n) is 5.25. The van der Waals surface area contributed by atoms with Crippen LogP contribution in [-0.4, -0.2) is 66.2 Å². The summed E-state index contributed by atoms with van der Waals surface area (Å²) in [4.78, 5) is 62.4. The molecule has 0 bridgehead atoms. The van der Waals surface area contributed by atoms with E-state index in [0.29, 0.717) is 6.54 Å². The highest BCUT2D eigenvalue weighted by atomic mass is 16.2. The highest BCUT2D eigenvalue weighted by molar-refractivity contribution is 6.37. The molecule has 1 saturated heterocycles. The number of ketones is 1. The first-order valence-corrected chi connectivity index (χ1v) is 9.87. The third kappa shape index (κ3) is 6.30. The molecule has 1 fully saturated rings. The van der Waals surface area contributed by atoms with Gasteiger partial charge in [0, 0.05) is 13.1 Å². The van der Waals surface area contributed by atoms with Crippen LogP contribution in [0.25, 0.3) is 0 Å². The highest BCUT2D eigenvalue weighted by Gasteiger charge is 2.47. The van der Waals surface area contributed by atoms with E-state index < -0.39 is 53.6 Å². The number of rotatable bonds is 8. The quantitative estimate of drug-likeness (QED) is 0.308. The van der Waals surface area contributed by atoms with E-state index in [-0.39, 0.29) is 18.4 Å². The van der Waals surface area contributed by atoms with Crippen LogP contribution in [0.1, 0.15) is 34.6 Å². The summed E-state index contributed by atoms with van der Waals surface area (Å²) in [6.07, 6.45) is 1.43. The zero-order valence-corrected chi connectivity index (χ0v) is 18.3. The predicted molar refractivity (Wildman–Crippen MR) is 111 cm³/mol. The lowest BCUT2D eigenvalue weighted by atomic mass is 9.85. The molecule has 5 N–H and O–H groups in total. The second-order valence-electron chi connectivity index (χ2n) is 8.72. The lowest BCUT2D eigenvalue weighted by Gasteiger charge is -2.35. The fourth-order valence-corrected chi connectivity index (χ4v) is 3.36. The monoisotopic (exact) mass is 423 g/mol. The van der Waals surface area contributed by atoms with Gasteiger partial charge in [0.15, 0.2) is 0 Å². The lowest BCUT2D eigenvalue weighted by molar-refractivity contribution is -0.143. The van der Waals surface area contributed by atoms with Crippen molar-refractivity contribution in [3.63, 3.8) is 0 Å². The number of likely N-dealkylation sites (tertiary alicyclic amines) is 1. The van der Waals surface area contributed by atoms with Crippen molar-refractivity contribution in [2.75, 3.05) is 19.6 Å². The average molecular weight is 424 g/mol. The fourth-order valence-electron chi connectivity index (χ4n) is 3.36. The van der Waals surface area contributed by atoms with Gasteiger partial charge in [0.2, 0.25) is 17.6 Å². The van der Waals surface area contributed by atoms with Crippen molar-refractivity contribution in [1.82, 2.24) is 20.9 Å². The summed E-state index contributed by atoms with van der Waals surface area (Å²) in [7, 11) is 0. The minimum Gasteiger partial charge on any atom is -0.352 e. The molecule has 0 unspecified atom stereocenters. The Morgan fingerprint density at radius 1 is 1.17 bits per heavy atom. The molecule has 1 rings (SSSR count). The first-order chi connectivity index (χ1) is 13.8. The number of nitrogens with zero attached hydrogens (tertiary/aromatic N) is 1. The lowest BCUT2D eigenvalue weighted by Crippen LogP contribution is -2.59. The molecule has 30 heavy (non-hydrogen) atoms. The van der Waals surface area contributed by atoms with Crippen molar-refractivity contribution in [2.45, 2.75) is 46.7 Å². The average Bonchev–Trinajstić information content (AvgIpc) is 2.95. The van der Waals surface area contributed by atoms with E-state index in [1.165, 1.54) is 11.0 Å². The zero-order chi connectivity index (χ0) is 23.2. The number of hydrogen-bond donors (Lipinski definition) is 4. The van der Waals surface area contributed by atoms with Gasteiger partial charge in [-0.25, -0.2) is 4.79 Å². The Balaban J connectivity index is 2.96. The normalized spacial score (nSPS) is 22.0. The van der Waals surface area contributed by atoms with Gasteiger partial charge in [-0.15, -0.1) is 6.58 Å². The number of nitrogens with one attached hydrogen (secondary N) is 3. The second kappa shape index (κ2) is 10.2. The molecular formula is C20H33N5O5. The maximum atomic E-state index is 13.2. The first kappa shape index (κ1) is 25.1. The van der Waals surface area contributed by atoms with E-state index in [1.54, 1.807) is 20.8 Å². The Bertz CT molecular complexity index is 715. The van der Waals surface area contributed by atoms with Gasteiger partial charge >= 0.3 is 6.03 Å². The van der Waals surface area contributed by atoms with Crippen LogP contribution in [0, 0.1) is 17.3 Å². The number of hydrogen-bond acceptors (Lipinski definition) is 5. The molecule has 10 heteroatoms. The number of carbonyl (C=O) groups excluding carboxylic acids is 5. The van der Waals surface area contributed by atoms with Crippen LogP contribution in [0.3, 0.4) is 0 Å². The van der Waals surface area contributed by atoms with Crippen LogP contribution in [0.2, 0.25) is 0 Å². The predicted octanol–water partition coefficient (Wildman–Crippen LogP) is -0.460. The van der Waals surface area contributed by atoms with Crippen LogP contribution in [0.15, 0.2) is 12.7 Å². The summed E-state index contributed by atoms with van der Waals surface area (Å²) < 4.78 is 0. The number of Topliss-reactive ketones (excluding diaryl/α,β-unsaturated/α-hetero) is 1. The Kier molecular flexibility index (Phi) is 8.56. The van der Waals surface area contributed by atoms with Gasteiger partial charge in [-0.3, -0.25) is 19.2 Å². The number of urea groups is 1. The maximum absolute atomic E-state index is 13.2. The molecule has 0 radical (unpaired) electrons. The van der Waals surface area contributed by atoms with Gasteiger partial charge in [0.05, 0.1) is 6.54 Å². The molecule has 0 saturated carbocycles. The molecule has 1 aliphatic rings. The Hall–Kier alpha value is -2.91. The summed E-state index contributed by atoms with van der Waals surface area (Å²) in [6.45, 7) is 12.5. The minimum atomic E-state index is -0.922. The topological polar surface area (TPSA) is 151 Å². The van der Waals surface area contributed by atoms with Crippen molar-refractivity contribution in [2.24, 2.45) is 23.0 Å². The molecule has 0 aromatic carbocycles. The molecule has 0 spiro atoms. The molecule has 1 aliphatic heterocycles. The molecule has 168 valence electrons. The van der Waals surface area contributed by atoms with E-state index in [4.69, 9.17) is 5.73 Å². The number of amides is 5. The Morgan fingerprint density at radius 2 is 1.77 bits per heavy atom. The van der Waals surface area contributed by atoms with Crippen LogP contribution in [0.5, 0.6) is 0 Å². The first-order valence-electron chi connectivity index (χ1n) is 9.87. The van der Waals surface area contributed by atoms with Gasteiger partial charge in [-0.05, 0) is 17.3 Å². The largest absolute Gasteiger partial charge is 0.352 e. The fraction of sp³-hybridized carbons (Fsp3) is 0.650. The summed E-state index contributed by atoms with van der Waals surface area (Å²) in [5.74, 6) is -2.75. The summed E-state index contributed by atoms with van der Waals surface area (Å²) in [5.41, 5.74) is 4.60. The van der Waals surface area contributed by atoms with Gasteiger partial charge in [-0.2, -0.15) is 0 Å². The van der Waals surface area contributed by atoms with Gasteiger partial charge in [0.25, 0.3) is 5.91 Å². The van der Waals surface area contributed by atoms with Crippen LogP contribution < -0.4 is 21.7 Å². The second-order valence-corrected chi connectivity index (χ2v) is 8.72. The highest BCUT2D eigenvalue weighted by Crippen LogP contribution is 2.32. The summed E-state index contributed by atoms with van der Waals surface area (Å²) in [5, 5.41) is 7.27. The molecule has 0 aromatic rings. The van der Waals surface area contributed by atoms with Gasteiger partial charge in [0.1, 0.15) is 12.1 Å². The zero-order valence-electron chi connectivity index (χ0n) is 18.3. The van der Waals surface area contributed by atoms with Crippen molar-refractivity contribution in [3.05, 3.63) is 12.7 Å². The summed E-state index contributed by atoms with van der Waals surface area (Å²) in [6, 6.07) is -2.59. The van der Waals surface area contributed by atoms with Gasteiger partial charge < -0.3 is 26.6 Å². The summed E-state index contributed by atoms with van der Waals surface area (Å²) >= 11 is 0. The van der Waals surface area contributed by atoms with Crippen molar-refractivity contribution in [1.29, 1.82) is 0 Å². The molecule has 4 atom stereocenters. The smallest absolute Gasteiger partial charge is 0.312 e. The Labute approximate surface area is 177 Å². The van der Waals surface area contributed by atoms with Crippen molar-refractivity contribution >= 4 is 29.5 Å².